The Hall–Kier alpha value is -0.940. The summed E-state index contributed by atoms with van der Waals surface area (Å²) >= 11 is 0. The first-order chi connectivity index (χ1) is 7.83. The summed E-state index contributed by atoms with van der Waals surface area (Å²) in [5, 5.41) is 0. The normalized spacial score (nSPS) is 11.6. The Balaban J connectivity index is 3.19. The average molecular weight is 279 g/mol. The smallest absolute Gasteiger partial charge is 0.236 e. The van der Waals surface area contributed by atoms with E-state index < -0.39 is 9.05 Å². The number of methoxy groups -OCH3 is 1. The van der Waals surface area contributed by atoms with Gasteiger partial charge in [0.15, 0.2) is 11.5 Å². The van der Waals surface area contributed by atoms with Gasteiger partial charge in [0.1, 0.15) is 0 Å². The van der Waals surface area contributed by atoms with E-state index in [1.807, 2.05) is 13.8 Å². The Kier molecular flexibility index (Phi) is 4.65. The van der Waals surface area contributed by atoms with Crippen LogP contribution in [0.4, 0.5) is 0 Å². The fourth-order valence-corrected chi connectivity index (χ4v) is 2.34. The first kappa shape index (κ1) is 14.1. The second-order valence-electron chi connectivity index (χ2n) is 3.80. The molecule has 0 unspecified atom stereocenters. The van der Waals surface area contributed by atoms with Crippen molar-refractivity contribution in [3.05, 3.63) is 23.8 Å². The van der Waals surface area contributed by atoms with Crippen LogP contribution in [0.1, 0.15) is 19.4 Å². The van der Waals surface area contributed by atoms with Crippen LogP contribution in [0.15, 0.2) is 18.2 Å². The van der Waals surface area contributed by atoms with Crippen LogP contribution in [-0.4, -0.2) is 21.6 Å². The fourth-order valence-electron chi connectivity index (χ4n) is 1.39. The van der Waals surface area contributed by atoms with E-state index in [2.05, 4.69) is 0 Å². The lowest BCUT2D eigenvalue weighted by atomic mass is 10.2. The van der Waals surface area contributed by atoms with E-state index in [-0.39, 0.29) is 11.9 Å². The van der Waals surface area contributed by atoms with Crippen LogP contribution in [0.5, 0.6) is 11.5 Å². The molecule has 0 fully saturated rings. The summed E-state index contributed by atoms with van der Waals surface area (Å²) in [5.41, 5.74) is 0.494. The number of ether oxygens (including phenoxy) is 2. The van der Waals surface area contributed by atoms with Crippen LogP contribution < -0.4 is 9.47 Å². The highest BCUT2D eigenvalue weighted by Crippen LogP contribution is 2.33. The Bertz CT molecular complexity index is 482. The number of para-hydroxylation sites is 1. The third-order valence-corrected chi connectivity index (χ3v) is 2.94. The van der Waals surface area contributed by atoms with E-state index in [9.17, 15) is 8.42 Å². The first-order valence-electron chi connectivity index (χ1n) is 5.08. The Morgan fingerprint density at radius 3 is 2.47 bits per heavy atom. The third kappa shape index (κ3) is 4.44. The van der Waals surface area contributed by atoms with Crippen LogP contribution >= 0.6 is 10.7 Å². The molecule has 1 aromatic carbocycles. The van der Waals surface area contributed by atoms with Gasteiger partial charge in [-0.15, -0.1) is 0 Å². The molecule has 0 N–H and O–H groups in total. The van der Waals surface area contributed by atoms with Crippen LogP contribution in [0, 0.1) is 0 Å². The van der Waals surface area contributed by atoms with Gasteiger partial charge < -0.3 is 9.47 Å². The van der Waals surface area contributed by atoms with Gasteiger partial charge in [0.25, 0.3) is 0 Å². The van der Waals surface area contributed by atoms with Gasteiger partial charge in [-0.3, -0.25) is 0 Å². The fraction of sp³-hybridized carbons (Fsp3) is 0.455. The zero-order valence-electron chi connectivity index (χ0n) is 9.94. The number of benzene rings is 1. The standard InChI is InChI=1S/C11H15ClO4S/c1-8(2)16-11-9(7-17(12,13)14)5-4-6-10(11)15-3/h4-6,8H,7H2,1-3H3. The molecule has 1 rings (SSSR count). The summed E-state index contributed by atoms with van der Waals surface area (Å²) in [6.07, 6.45) is -0.0805. The van der Waals surface area contributed by atoms with E-state index in [1.54, 1.807) is 18.2 Å². The largest absolute Gasteiger partial charge is 0.493 e. The van der Waals surface area contributed by atoms with Crippen molar-refractivity contribution in [2.24, 2.45) is 0 Å². The molecule has 0 heterocycles. The van der Waals surface area contributed by atoms with Crippen molar-refractivity contribution < 1.29 is 17.9 Å². The molecule has 96 valence electrons. The molecular formula is C11H15ClO4S. The molecule has 0 atom stereocenters. The summed E-state index contributed by atoms with van der Waals surface area (Å²) in [5.74, 6) is 0.638. The molecule has 0 saturated heterocycles. The second-order valence-corrected chi connectivity index (χ2v) is 6.58. The molecule has 0 saturated carbocycles. The minimum absolute atomic E-state index is 0.0805. The highest BCUT2D eigenvalue weighted by Gasteiger charge is 2.16. The molecule has 0 aromatic heterocycles. The molecule has 0 amide bonds. The molecule has 0 aliphatic rings. The molecule has 0 bridgehead atoms. The number of rotatable bonds is 5. The molecule has 4 nitrogen and oxygen atoms in total. The SMILES string of the molecule is COc1cccc(CS(=O)(=O)Cl)c1OC(C)C. The summed E-state index contributed by atoms with van der Waals surface area (Å²) in [7, 11) is 3.13. The van der Waals surface area contributed by atoms with Gasteiger partial charge in [0.2, 0.25) is 9.05 Å². The average Bonchev–Trinajstić information content (AvgIpc) is 2.17. The van der Waals surface area contributed by atoms with Gasteiger partial charge in [-0.05, 0) is 19.9 Å². The van der Waals surface area contributed by atoms with Crippen molar-refractivity contribution in [3.63, 3.8) is 0 Å². The topological polar surface area (TPSA) is 52.6 Å². The van der Waals surface area contributed by atoms with Gasteiger partial charge in [0, 0.05) is 16.2 Å². The quantitative estimate of drug-likeness (QED) is 0.777. The van der Waals surface area contributed by atoms with E-state index in [0.717, 1.165) is 0 Å². The molecule has 0 aliphatic carbocycles. The lowest BCUT2D eigenvalue weighted by Crippen LogP contribution is -2.10. The monoisotopic (exact) mass is 278 g/mol. The Morgan fingerprint density at radius 1 is 1.35 bits per heavy atom. The van der Waals surface area contributed by atoms with Crippen molar-refractivity contribution in [3.8, 4) is 11.5 Å². The minimum atomic E-state index is -3.62. The number of hydrogen-bond acceptors (Lipinski definition) is 4. The van der Waals surface area contributed by atoms with E-state index >= 15 is 0 Å². The Morgan fingerprint density at radius 2 is 2.00 bits per heavy atom. The summed E-state index contributed by atoms with van der Waals surface area (Å²) in [4.78, 5) is 0. The predicted molar refractivity (Wildman–Crippen MR) is 67.2 cm³/mol. The van der Waals surface area contributed by atoms with Crippen LogP contribution in [-0.2, 0) is 14.8 Å². The number of hydrogen-bond donors (Lipinski definition) is 0. The van der Waals surface area contributed by atoms with Crippen molar-refractivity contribution in [2.45, 2.75) is 25.7 Å². The summed E-state index contributed by atoms with van der Waals surface area (Å²) in [6, 6.07) is 5.06. The van der Waals surface area contributed by atoms with Crippen molar-refractivity contribution >= 4 is 19.7 Å². The molecule has 17 heavy (non-hydrogen) atoms. The zero-order chi connectivity index (χ0) is 13.1. The van der Waals surface area contributed by atoms with Crippen molar-refractivity contribution in [1.82, 2.24) is 0 Å². The number of halogens is 1. The van der Waals surface area contributed by atoms with E-state index in [4.69, 9.17) is 20.2 Å². The Labute approximate surface area is 106 Å². The van der Waals surface area contributed by atoms with E-state index in [0.29, 0.717) is 17.1 Å². The maximum atomic E-state index is 11.1. The predicted octanol–water partition coefficient (Wildman–Crippen LogP) is 2.55. The van der Waals surface area contributed by atoms with Crippen molar-refractivity contribution in [1.29, 1.82) is 0 Å². The maximum Gasteiger partial charge on any atom is 0.236 e. The summed E-state index contributed by atoms with van der Waals surface area (Å²) in [6.45, 7) is 3.71. The van der Waals surface area contributed by atoms with Crippen LogP contribution in [0.25, 0.3) is 0 Å². The van der Waals surface area contributed by atoms with Gasteiger partial charge in [0.05, 0.1) is 19.0 Å². The lowest BCUT2D eigenvalue weighted by Gasteiger charge is -2.16. The van der Waals surface area contributed by atoms with Crippen LogP contribution in [0.2, 0.25) is 0 Å². The van der Waals surface area contributed by atoms with Crippen LogP contribution in [0.3, 0.4) is 0 Å². The van der Waals surface area contributed by atoms with Gasteiger partial charge in [-0.2, -0.15) is 0 Å². The first-order valence-corrected chi connectivity index (χ1v) is 7.56. The highest BCUT2D eigenvalue weighted by atomic mass is 35.7. The van der Waals surface area contributed by atoms with Gasteiger partial charge >= 0.3 is 0 Å². The lowest BCUT2D eigenvalue weighted by molar-refractivity contribution is 0.228. The van der Waals surface area contributed by atoms with Gasteiger partial charge in [-0.1, -0.05) is 12.1 Å². The van der Waals surface area contributed by atoms with Gasteiger partial charge in [-0.25, -0.2) is 8.42 Å². The van der Waals surface area contributed by atoms with E-state index in [1.165, 1.54) is 7.11 Å². The van der Waals surface area contributed by atoms with Crippen molar-refractivity contribution in [2.75, 3.05) is 7.11 Å². The minimum Gasteiger partial charge on any atom is -0.493 e. The molecule has 6 heteroatoms. The molecule has 0 aliphatic heterocycles. The highest BCUT2D eigenvalue weighted by molar-refractivity contribution is 8.13. The molecule has 0 spiro atoms. The summed E-state index contributed by atoms with van der Waals surface area (Å²) < 4.78 is 32.9. The molecule has 1 aromatic rings. The second kappa shape index (κ2) is 5.60. The molecule has 0 radical (unpaired) electrons. The third-order valence-electron chi connectivity index (χ3n) is 1.96. The zero-order valence-corrected chi connectivity index (χ0v) is 11.5. The maximum absolute atomic E-state index is 11.1. The molecular weight excluding hydrogens is 264 g/mol.